The lowest BCUT2D eigenvalue weighted by Gasteiger charge is -2.36. The van der Waals surface area contributed by atoms with Gasteiger partial charge in [0.05, 0.1) is 0 Å². The number of ketones is 2. The van der Waals surface area contributed by atoms with Gasteiger partial charge in [-0.1, -0.05) is 45.0 Å². The third-order valence-corrected chi connectivity index (χ3v) is 4.57. The van der Waals surface area contributed by atoms with Crippen LogP contribution in [-0.2, 0) is 26.3 Å². The van der Waals surface area contributed by atoms with Crippen molar-refractivity contribution in [2.24, 2.45) is 5.41 Å². The second kappa shape index (κ2) is 5.65. The van der Waals surface area contributed by atoms with E-state index in [4.69, 9.17) is 0 Å². The summed E-state index contributed by atoms with van der Waals surface area (Å²) < 4.78 is 0. The predicted octanol–water partition coefficient (Wildman–Crippen LogP) is 1.69. The molecule has 2 N–H and O–H groups in total. The Labute approximate surface area is 129 Å². The van der Waals surface area contributed by atoms with Crippen LogP contribution in [-0.4, -0.2) is 29.2 Å². The first-order chi connectivity index (χ1) is 10.3. The fraction of sp³-hybridized carbons (Fsp3) is 0.471. The number of fused-ring (bicyclic) bond motifs is 1. The maximum Gasteiger partial charge on any atom is 0.336 e. The lowest BCUT2D eigenvalue weighted by molar-refractivity contribution is -0.157. The summed E-state index contributed by atoms with van der Waals surface area (Å²) in [4.78, 5) is 37.4. The molecule has 0 saturated carbocycles. The minimum Gasteiger partial charge on any atom is -0.479 e. The van der Waals surface area contributed by atoms with E-state index in [1.807, 2.05) is 0 Å². The molecule has 0 unspecified atom stereocenters. The minimum absolute atomic E-state index is 0.342. The van der Waals surface area contributed by atoms with E-state index in [-0.39, 0.29) is 0 Å². The van der Waals surface area contributed by atoms with Gasteiger partial charge in [-0.25, -0.2) is 4.79 Å². The van der Waals surface area contributed by atoms with Gasteiger partial charge in [0.25, 0.3) is 0 Å². The van der Waals surface area contributed by atoms with Crippen LogP contribution in [0, 0.1) is 5.41 Å². The Hall–Kier alpha value is -2.01. The summed E-state index contributed by atoms with van der Waals surface area (Å²) in [7, 11) is 0. The fourth-order valence-corrected chi connectivity index (χ4v) is 2.71. The molecular formula is C17H21NO4. The summed E-state index contributed by atoms with van der Waals surface area (Å²) in [6.07, 6.45) is 1.10. The summed E-state index contributed by atoms with van der Waals surface area (Å²) in [6.45, 7) is 5.48. The Morgan fingerprint density at radius 3 is 2.50 bits per heavy atom. The molecule has 5 nitrogen and oxygen atoms in total. The van der Waals surface area contributed by atoms with E-state index < -0.39 is 28.5 Å². The van der Waals surface area contributed by atoms with Crippen molar-refractivity contribution in [2.45, 2.75) is 39.2 Å². The van der Waals surface area contributed by atoms with Crippen LogP contribution in [0.1, 0.15) is 38.3 Å². The third-order valence-electron chi connectivity index (χ3n) is 4.57. The van der Waals surface area contributed by atoms with Crippen molar-refractivity contribution in [3.05, 3.63) is 35.4 Å². The Balaban J connectivity index is 2.59. The third kappa shape index (κ3) is 2.35. The summed E-state index contributed by atoms with van der Waals surface area (Å²) in [5, 5.41) is 12.6. The number of aliphatic carboxylic acids is 1. The molecule has 0 spiro atoms. The Bertz CT molecular complexity index is 635. The molecule has 0 bridgehead atoms. The maximum atomic E-state index is 12.8. The molecule has 1 heterocycles. The number of hydrogen-bond donors (Lipinski definition) is 2. The van der Waals surface area contributed by atoms with Crippen LogP contribution >= 0.6 is 0 Å². The lowest BCUT2D eigenvalue weighted by atomic mass is 9.72. The summed E-state index contributed by atoms with van der Waals surface area (Å²) >= 11 is 0. The zero-order chi connectivity index (χ0) is 16.5. The smallest absolute Gasteiger partial charge is 0.336 e. The Kier molecular flexibility index (Phi) is 4.20. The first-order valence-electron chi connectivity index (χ1n) is 7.43. The lowest BCUT2D eigenvalue weighted by Crippen LogP contribution is -2.61. The van der Waals surface area contributed by atoms with Crippen molar-refractivity contribution in [3.63, 3.8) is 0 Å². The van der Waals surface area contributed by atoms with Crippen LogP contribution in [0.3, 0.4) is 0 Å². The van der Waals surface area contributed by atoms with Gasteiger partial charge in [-0.15, -0.1) is 0 Å². The summed E-state index contributed by atoms with van der Waals surface area (Å²) in [5.41, 5.74) is -1.69. The second-order valence-corrected chi connectivity index (χ2v) is 6.28. The molecule has 0 amide bonds. The minimum atomic E-state index is -1.97. The van der Waals surface area contributed by atoms with Crippen LogP contribution in [0.4, 0.5) is 0 Å². The van der Waals surface area contributed by atoms with Crippen LogP contribution in [0.25, 0.3) is 0 Å². The van der Waals surface area contributed by atoms with Gasteiger partial charge in [0.15, 0.2) is 0 Å². The molecule has 0 aliphatic carbocycles. The van der Waals surface area contributed by atoms with Gasteiger partial charge in [0.2, 0.25) is 17.1 Å². The number of benzene rings is 1. The van der Waals surface area contributed by atoms with E-state index in [1.54, 1.807) is 45.0 Å². The van der Waals surface area contributed by atoms with E-state index in [1.165, 1.54) is 0 Å². The number of rotatable bonds is 5. The van der Waals surface area contributed by atoms with Gasteiger partial charge in [-0.2, -0.15) is 0 Å². The molecule has 1 aromatic rings. The number of nitrogens with one attached hydrogen (secondary N) is 1. The number of Topliss-reactive ketones (excluding diaryl/α,β-unsaturated/α-hetero) is 2. The highest BCUT2D eigenvalue weighted by Gasteiger charge is 2.54. The van der Waals surface area contributed by atoms with E-state index in [2.05, 4.69) is 5.32 Å². The molecule has 0 fully saturated rings. The number of carboxylic acids is 1. The van der Waals surface area contributed by atoms with Gasteiger partial charge < -0.3 is 5.11 Å². The molecule has 1 aliphatic rings. The van der Waals surface area contributed by atoms with Crippen LogP contribution in [0.5, 0.6) is 0 Å². The second-order valence-electron chi connectivity index (χ2n) is 6.28. The van der Waals surface area contributed by atoms with E-state index >= 15 is 0 Å². The van der Waals surface area contributed by atoms with Crippen molar-refractivity contribution in [3.8, 4) is 0 Å². The maximum absolute atomic E-state index is 12.8. The Morgan fingerprint density at radius 1 is 1.27 bits per heavy atom. The fourth-order valence-electron chi connectivity index (χ4n) is 2.71. The highest BCUT2D eigenvalue weighted by molar-refractivity contribution is 6.46. The van der Waals surface area contributed by atoms with Crippen LogP contribution in [0.15, 0.2) is 24.3 Å². The van der Waals surface area contributed by atoms with Crippen LogP contribution < -0.4 is 5.32 Å². The largest absolute Gasteiger partial charge is 0.479 e. The van der Waals surface area contributed by atoms with Crippen molar-refractivity contribution in [2.75, 3.05) is 6.54 Å². The zero-order valence-electron chi connectivity index (χ0n) is 13.1. The molecule has 0 saturated heterocycles. The van der Waals surface area contributed by atoms with Crippen molar-refractivity contribution >= 4 is 17.5 Å². The topological polar surface area (TPSA) is 83.5 Å². The highest BCUT2D eigenvalue weighted by Crippen LogP contribution is 2.33. The highest BCUT2D eigenvalue weighted by atomic mass is 16.4. The molecule has 1 aromatic carbocycles. The first-order valence-corrected chi connectivity index (χ1v) is 7.43. The number of carbonyl (C=O) groups excluding carboxylic acids is 2. The first kappa shape index (κ1) is 16.4. The summed E-state index contributed by atoms with van der Waals surface area (Å²) in [6, 6.07) is 6.90. The van der Waals surface area contributed by atoms with Crippen LogP contribution in [0.2, 0.25) is 0 Å². The molecule has 0 radical (unpaired) electrons. The molecule has 0 aromatic heterocycles. The van der Waals surface area contributed by atoms with Crippen molar-refractivity contribution in [1.82, 2.24) is 5.32 Å². The van der Waals surface area contributed by atoms with E-state index in [9.17, 15) is 19.5 Å². The molecular weight excluding hydrogens is 282 g/mol. The van der Waals surface area contributed by atoms with Gasteiger partial charge in [-0.3, -0.25) is 14.9 Å². The number of carbonyl (C=O) groups is 3. The number of carboxylic acid groups (broad SMARTS) is 1. The number of hydrogen-bond acceptors (Lipinski definition) is 4. The Morgan fingerprint density at radius 2 is 1.91 bits per heavy atom. The van der Waals surface area contributed by atoms with Gasteiger partial charge >= 0.3 is 5.97 Å². The molecule has 1 atom stereocenters. The van der Waals surface area contributed by atoms with Gasteiger partial charge in [-0.05, 0) is 24.0 Å². The molecule has 118 valence electrons. The summed E-state index contributed by atoms with van der Waals surface area (Å²) in [5.74, 6) is -2.87. The quantitative estimate of drug-likeness (QED) is 0.639. The van der Waals surface area contributed by atoms with Crippen molar-refractivity contribution in [1.29, 1.82) is 0 Å². The molecule has 22 heavy (non-hydrogen) atoms. The molecule has 5 heteroatoms. The van der Waals surface area contributed by atoms with Crippen molar-refractivity contribution < 1.29 is 19.5 Å². The standard InChI is InChI=1S/C17H21NO4/c1-4-16(2,3)13(19)14(20)17(15(21)22)12-8-6-5-7-11(12)9-10-18-17/h5-8,18H,4,9-10H2,1-3H3,(H,21,22)/t17-/m0/s1. The van der Waals surface area contributed by atoms with E-state index in [0.717, 1.165) is 5.56 Å². The molecule has 2 rings (SSSR count). The zero-order valence-corrected chi connectivity index (χ0v) is 13.1. The van der Waals surface area contributed by atoms with Gasteiger partial charge in [0.1, 0.15) is 0 Å². The monoisotopic (exact) mass is 303 g/mol. The molecule has 1 aliphatic heterocycles. The predicted molar refractivity (Wildman–Crippen MR) is 81.5 cm³/mol. The normalized spacial score (nSPS) is 21.0. The van der Waals surface area contributed by atoms with E-state index in [0.29, 0.717) is 24.9 Å². The average molecular weight is 303 g/mol. The average Bonchev–Trinajstić information content (AvgIpc) is 2.52. The van der Waals surface area contributed by atoms with Gasteiger partial charge in [0, 0.05) is 12.0 Å². The SMILES string of the molecule is CCC(C)(C)C(=O)C(=O)[C@@]1(C(=O)O)NCCc2ccccc21.